The molecule has 0 amide bonds. The molecule has 0 aliphatic carbocycles. The molecule has 0 aliphatic heterocycles. The third kappa shape index (κ3) is 7.56. The summed E-state index contributed by atoms with van der Waals surface area (Å²) in [4.78, 5) is 0. The number of hydrogen-bond donors (Lipinski definition) is 1. The topological polar surface area (TPSA) is 21.3 Å². The summed E-state index contributed by atoms with van der Waals surface area (Å²) in [6, 6.07) is 8.23. The van der Waals surface area contributed by atoms with Gasteiger partial charge in [-0.2, -0.15) is 0 Å². The van der Waals surface area contributed by atoms with Crippen molar-refractivity contribution in [1.29, 1.82) is 0 Å². The second-order valence-electron chi connectivity index (χ2n) is 4.99. The van der Waals surface area contributed by atoms with Gasteiger partial charge in [-0.15, -0.1) is 0 Å². The van der Waals surface area contributed by atoms with Gasteiger partial charge in [-0.1, -0.05) is 37.1 Å². The fraction of sp³-hybridized carbons (Fsp3) is 0.625. The largest absolute Gasteiger partial charge is 0.385 e. The summed E-state index contributed by atoms with van der Waals surface area (Å²) in [6.45, 7) is 5.15. The van der Waals surface area contributed by atoms with E-state index in [1.807, 2.05) is 12.1 Å². The van der Waals surface area contributed by atoms with Crippen molar-refractivity contribution < 1.29 is 4.74 Å². The van der Waals surface area contributed by atoms with Gasteiger partial charge in [-0.25, -0.2) is 0 Å². The van der Waals surface area contributed by atoms with Crippen LogP contribution < -0.4 is 5.32 Å². The maximum absolute atomic E-state index is 5.92. The smallest absolute Gasteiger partial charge is 0.0462 e. The van der Waals surface area contributed by atoms with Crippen molar-refractivity contribution in [3.8, 4) is 0 Å². The molecule has 3 heteroatoms. The van der Waals surface area contributed by atoms with Crippen LogP contribution >= 0.6 is 11.6 Å². The maximum atomic E-state index is 5.92. The van der Waals surface area contributed by atoms with E-state index in [0.717, 1.165) is 37.6 Å². The molecule has 1 N–H and O–H groups in total. The summed E-state index contributed by atoms with van der Waals surface area (Å²) < 4.78 is 5.11. The fourth-order valence-electron chi connectivity index (χ4n) is 2.26. The molecule has 0 radical (unpaired) electrons. The molecule has 0 spiro atoms. The van der Waals surface area contributed by atoms with Gasteiger partial charge in [-0.05, 0) is 56.0 Å². The molecule has 108 valence electrons. The van der Waals surface area contributed by atoms with E-state index in [2.05, 4.69) is 24.4 Å². The number of hydrogen-bond acceptors (Lipinski definition) is 2. The molecule has 1 aromatic rings. The number of nitrogens with one attached hydrogen (secondary N) is 1. The summed E-state index contributed by atoms with van der Waals surface area (Å²) in [5.41, 5.74) is 1.37. The molecule has 1 unspecified atom stereocenters. The fourth-order valence-corrected chi connectivity index (χ4v) is 2.38. The Hall–Kier alpha value is -0.570. The molecule has 0 saturated carbocycles. The minimum atomic E-state index is 0.693. The molecule has 0 bridgehead atoms. The van der Waals surface area contributed by atoms with Gasteiger partial charge >= 0.3 is 0 Å². The van der Waals surface area contributed by atoms with Crippen LogP contribution in [-0.2, 0) is 11.2 Å². The van der Waals surface area contributed by atoms with Crippen LogP contribution in [0.3, 0.4) is 0 Å². The number of rotatable bonds is 10. The lowest BCUT2D eigenvalue weighted by molar-refractivity contribution is 0.190. The quantitative estimate of drug-likeness (QED) is 0.657. The summed E-state index contributed by atoms with van der Waals surface area (Å²) >= 11 is 5.92. The van der Waals surface area contributed by atoms with Gasteiger partial charge in [0, 0.05) is 18.7 Å². The van der Waals surface area contributed by atoms with Crippen LogP contribution in [-0.4, -0.2) is 26.8 Å². The first-order chi connectivity index (χ1) is 9.26. The minimum Gasteiger partial charge on any atom is -0.385 e. The Kier molecular flexibility index (Phi) is 8.89. The van der Waals surface area contributed by atoms with Gasteiger partial charge in [0.25, 0.3) is 0 Å². The van der Waals surface area contributed by atoms with E-state index >= 15 is 0 Å². The van der Waals surface area contributed by atoms with E-state index in [-0.39, 0.29) is 0 Å². The molecule has 0 heterocycles. The molecule has 2 nitrogen and oxygen atoms in total. The Morgan fingerprint density at radius 1 is 1.21 bits per heavy atom. The number of halogens is 1. The van der Waals surface area contributed by atoms with Crippen LogP contribution in [0.1, 0.15) is 31.7 Å². The molecule has 0 fully saturated rings. The Morgan fingerprint density at radius 2 is 1.95 bits per heavy atom. The third-order valence-electron chi connectivity index (χ3n) is 3.33. The highest BCUT2D eigenvalue weighted by atomic mass is 35.5. The second-order valence-corrected chi connectivity index (χ2v) is 5.43. The molecule has 19 heavy (non-hydrogen) atoms. The highest BCUT2D eigenvalue weighted by Gasteiger charge is 2.09. The van der Waals surface area contributed by atoms with Gasteiger partial charge in [-0.3, -0.25) is 0 Å². The highest BCUT2D eigenvalue weighted by molar-refractivity contribution is 6.30. The summed E-state index contributed by atoms with van der Waals surface area (Å²) in [5, 5.41) is 4.28. The summed E-state index contributed by atoms with van der Waals surface area (Å²) in [7, 11) is 1.77. The van der Waals surface area contributed by atoms with Gasteiger partial charge in [0.2, 0.25) is 0 Å². The van der Waals surface area contributed by atoms with Crippen LogP contribution in [0.2, 0.25) is 5.02 Å². The van der Waals surface area contributed by atoms with E-state index in [1.165, 1.54) is 18.4 Å². The zero-order valence-corrected chi connectivity index (χ0v) is 12.9. The van der Waals surface area contributed by atoms with Crippen LogP contribution in [0.25, 0.3) is 0 Å². The molecule has 1 aromatic carbocycles. The predicted octanol–water partition coefficient (Wildman–Crippen LogP) is 3.92. The molecule has 1 atom stereocenters. The maximum Gasteiger partial charge on any atom is 0.0462 e. The normalized spacial score (nSPS) is 12.6. The SMILES string of the molecule is CCNCC(CCCCOC)Cc1ccc(Cl)cc1. The van der Waals surface area contributed by atoms with Crippen molar-refractivity contribution in [1.82, 2.24) is 5.32 Å². The van der Waals surface area contributed by atoms with E-state index in [4.69, 9.17) is 16.3 Å². The van der Waals surface area contributed by atoms with Crippen molar-refractivity contribution in [2.24, 2.45) is 5.92 Å². The van der Waals surface area contributed by atoms with Crippen molar-refractivity contribution >= 4 is 11.6 Å². The van der Waals surface area contributed by atoms with Crippen molar-refractivity contribution in [3.05, 3.63) is 34.9 Å². The molecule has 1 rings (SSSR count). The Labute approximate surface area is 122 Å². The third-order valence-corrected chi connectivity index (χ3v) is 3.58. The summed E-state index contributed by atoms with van der Waals surface area (Å²) in [6.07, 6.45) is 4.76. The van der Waals surface area contributed by atoms with E-state index in [0.29, 0.717) is 5.92 Å². The Balaban J connectivity index is 2.41. The van der Waals surface area contributed by atoms with E-state index < -0.39 is 0 Å². The first-order valence-corrected chi connectivity index (χ1v) is 7.58. The number of benzene rings is 1. The Morgan fingerprint density at radius 3 is 2.58 bits per heavy atom. The van der Waals surface area contributed by atoms with Crippen LogP contribution in [0.4, 0.5) is 0 Å². The van der Waals surface area contributed by atoms with Gasteiger partial charge < -0.3 is 10.1 Å². The van der Waals surface area contributed by atoms with Crippen molar-refractivity contribution in [2.45, 2.75) is 32.6 Å². The van der Waals surface area contributed by atoms with E-state index in [9.17, 15) is 0 Å². The predicted molar refractivity (Wildman–Crippen MR) is 82.9 cm³/mol. The second kappa shape index (κ2) is 10.2. The molecule has 0 aliphatic rings. The monoisotopic (exact) mass is 283 g/mol. The van der Waals surface area contributed by atoms with Gasteiger partial charge in [0.15, 0.2) is 0 Å². The van der Waals surface area contributed by atoms with Crippen LogP contribution in [0.5, 0.6) is 0 Å². The van der Waals surface area contributed by atoms with Crippen molar-refractivity contribution in [3.63, 3.8) is 0 Å². The zero-order chi connectivity index (χ0) is 13.9. The van der Waals surface area contributed by atoms with Gasteiger partial charge in [0.05, 0.1) is 0 Å². The standard InChI is InChI=1S/C16H26ClNO/c1-3-18-13-15(6-4-5-11-19-2)12-14-7-9-16(17)10-8-14/h7-10,15,18H,3-6,11-13H2,1-2H3. The Bertz CT molecular complexity index is 326. The van der Waals surface area contributed by atoms with E-state index in [1.54, 1.807) is 7.11 Å². The lowest BCUT2D eigenvalue weighted by Gasteiger charge is -2.17. The number of unbranched alkanes of at least 4 members (excludes halogenated alkanes) is 1. The van der Waals surface area contributed by atoms with Crippen LogP contribution in [0.15, 0.2) is 24.3 Å². The first-order valence-electron chi connectivity index (χ1n) is 7.20. The number of methoxy groups -OCH3 is 1. The molecule has 0 aromatic heterocycles. The average Bonchev–Trinajstić information content (AvgIpc) is 2.43. The van der Waals surface area contributed by atoms with Crippen molar-refractivity contribution in [2.75, 3.05) is 26.8 Å². The first kappa shape index (κ1) is 16.5. The minimum absolute atomic E-state index is 0.693. The van der Waals surface area contributed by atoms with Crippen LogP contribution in [0, 0.1) is 5.92 Å². The molecule has 0 saturated heterocycles. The average molecular weight is 284 g/mol. The van der Waals surface area contributed by atoms with Gasteiger partial charge in [0.1, 0.15) is 0 Å². The number of ether oxygens (including phenoxy) is 1. The summed E-state index contributed by atoms with van der Waals surface area (Å²) in [5.74, 6) is 0.693. The lowest BCUT2D eigenvalue weighted by Crippen LogP contribution is -2.24. The molecular weight excluding hydrogens is 258 g/mol. The lowest BCUT2D eigenvalue weighted by atomic mass is 9.94. The highest BCUT2D eigenvalue weighted by Crippen LogP contribution is 2.17. The zero-order valence-electron chi connectivity index (χ0n) is 12.1. The molecular formula is C16H26ClNO.